The van der Waals surface area contributed by atoms with Gasteiger partial charge in [0, 0.05) is 17.3 Å². The van der Waals surface area contributed by atoms with Crippen molar-refractivity contribution in [2.24, 2.45) is 0 Å². The fraction of sp³-hybridized carbons (Fsp3) is 0.267. The molecular formula is C15H17NO4. The molecule has 0 spiro atoms. The summed E-state index contributed by atoms with van der Waals surface area (Å²) in [6.45, 7) is 0. The van der Waals surface area contributed by atoms with E-state index in [-0.39, 0.29) is 0 Å². The number of aliphatic hydroxyl groups excluding tert-OH is 1. The van der Waals surface area contributed by atoms with E-state index in [1.807, 2.05) is 0 Å². The van der Waals surface area contributed by atoms with E-state index in [2.05, 4.69) is 4.98 Å². The van der Waals surface area contributed by atoms with E-state index < -0.39 is 6.10 Å². The van der Waals surface area contributed by atoms with Gasteiger partial charge in [0.05, 0.1) is 27.5 Å². The number of benzene rings is 1. The minimum Gasteiger partial charge on any atom is -0.497 e. The minimum absolute atomic E-state index is 0.584. The highest BCUT2D eigenvalue weighted by atomic mass is 16.5. The summed E-state index contributed by atoms with van der Waals surface area (Å²) in [5.41, 5.74) is 1.23. The fourth-order valence-electron chi connectivity index (χ4n) is 1.93. The summed E-state index contributed by atoms with van der Waals surface area (Å²) in [5, 5.41) is 10.5. The van der Waals surface area contributed by atoms with E-state index >= 15 is 0 Å². The van der Waals surface area contributed by atoms with E-state index in [0.29, 0.717) is 28.4 Å². The molecule has 0 fully saturated rings. The third kappa shape index (κ3) is 2.83. The molecule has 1 unspecified atom stereocenters. The van der Waals surface area contributed by atoms with Crippen molar-refractivity contribution in [1.82, 2.24) is 4.98 Å². The number of aliphatic hydroxyl groups is 1. The molecule has 106 valence electrons. The molecule has 0 aliphatic heterocycles. The summed E-state index contributed by atoms with van der Waals surface area (Å²) >= 11 is 0. The maximum absolute atomic E-state index is 10.5. The van der Waals surface area contributed by atoms with Crippen LogP contribution in [0.25, 0.3) is 0 Å². The molecule has 1 aromatic carbocycles. The van der Waals surface area contributed by atoms with Gasteiger partial charge in [-0.05, 0) is 24.3 Å². The SMILES string of the molecule is COc1cncc(C(O)c2cc(OC)ccc2OC)c1. The number of rotatable bonds is 5. The minimum atomic E-state index is -0.873. The quantitative estimate of drug-likeness (QED) is 0.906. The fourth-order valence-corrected chi connectivity index (χ4v) is 1.93. The van der Waals surface area contributed by atoms with Gasteiger partial charge < -0.3 is 19.3 Å². The number of hydrogen-bond acceptors (Lipinski definition) is 5. The van der Waals surface area contributed by atoms with Crippen LogP contribution in [0, 0.1) is 0 Å². The van der Waals surface area contributed by atoms with Crippen molar-refractivity contribution in [3.8, 4) is 17.2 Å². The molecule has 0 radical (unpaired) electrons. The van der Waals surface area contributed by atoms with Crippen molar-refractivity contribution in [2.75, 3.05) is 21.3 Å². The number of aromatic nitrogens is 1. The van der Waals surface area contributed by atoms with Gasteiger partial charge >= 0.3 is 0 Å². The van der Waals surface area contributed by atoms with Crippen LogP contribution in [-0.2, 0) is 0 Å². The van der Waals surface area contributed by atoms with E-state index in [1.54, 1.807) is 58.0 Å². The molecule has 1 heterocycles. The summed E-state index contributed by atoms with van der Waals surface area (Å²) in [6.07, 6.45) is 2.30. The lowest BCUT2D eigenvalue weighted by molar-refractivity contribution is 0.213. The average molecular weight is 275 g/mol. The lowest BCUT2D eigenvalue weighted by Crippen LogP contribution is -2.04. The zero-order chi connectivity index (χ0) is 14.5. The Bertz CT molecular complexity index is 586. The third-order valence-corrected chi connectivity index (χ3v) is 3.02. The molecule has 1 N–H and O–H groups in total. The molecule has 1 atom stereocenters. The van der Waals surface area contributed by atoms with Gasteiger partial charge in [-0.2, -0.15) is 0 Å². The molecule has 0 saturated carbocycles. The Morgan fingerprint density at radius 1 is 0.950 bits per heavy atom. The monoisotopic (exact) mass is 275 g/mol. The summed E-state index contributed by atoms with van der Waals surface area (Å²) < 4.78 is 15.6. The first-order valence-electron chi connectivity index (χ1n) is 6.08. The number of nitrogens with zero attached hydrogens (tertiary/aromatic N) is 1. The molecule has 1 aromatic heterocycles. The predicted octanol–water partition coefficient (Wildman–Crippen LogP) is 2.19. The third-order valence-electron chi connectivity index (χ3n) is 3.02. The van der Waals surface area contributed by atoms with Gasteiger partial charge in [0.15, 0.2) is 0 Å². The Morgan fingerprint density at radius 3 is 2.35 bits per heavy atom. The normalized spacial score (nSPS) is 11.8. The van der Waals surface area contributed by atoms with Crippen molar-refractivity contribution in [3.63, 3.8) is 0 Å². The van der Waals surface area contributed by atoms with Crippen LogP contribution in [0.2, 0.25) is 0 Å². The molecule has 0 bridgehead atoms. The molecule has 0 amide bonds. The van der Waals surface area contributed by atoms with Crippen LogP contribution in [0.15, 0.2) is 36.7 Å². The van der Waals surface area contributed by atoms with E-state index in [1.165, 1.54) is 0 Å². The van der Waals surface area contributed by atoms with Crippen LogP contribution in [0.3, 0.4) is 0 Å². The molecule has 0 aliphatic carbocycles. The van der Waals surface area contributed by atoms with E-state index in [4.69, 9.17) is 14.2 Å². The molecule has 2 rings (SSSR count). The summed E-state index contributed by atoms with van der Waals surface area (Å²) in [5.74, 6) is 1.82. The standard InChI is InChI=1S/C15H17NO4/c1-18-11-4-5-14(20-3)13(7-11)15(17)10-6-12(19-2)9-16-8-10/h4-9,15,17H,1-3H3. The number of methoxy groups -OCH3 is 3. The van der Waals surface area contributed by atoms with Crippen LogP contribution in [0.5, 0.6) is 17.2 Å². The second-order valence-corrected chi connectivity index (χ2v) is 4.17. The Morgan fingerprint density at radius 2 is 1.70 bits per heavy atom. The van der Waals surface area contributed by atoms with Crippen molar-refractivity contribution >= 4 is 0 Å². The smallest absolute Gasteiger partial charge is 0.137 e. The Labute approximate surface area is 117 Å². The zero-order valence-corrected chi connectivity index (χ0v) is 11.7. The van der Waals surface area contributed by atoms with Crippen LogP contribution in [-0.4, -0.2) is 31.4 Å². The highest BCUT2D eigenvalue weighted by Crippen LogP contribution is 2.33. The maximum atomic E-state index is 10.5. The van der Waals surface area contributed by atoms with Crippen LogP contribution in [0.4, 0.5) is 0 Å². The van der Waals surface area contributed by atoms with Gasteiger partial charge in [-0.1, -0.05) is 0 Å². The van der Waals surface area contributed by atoms with Crippen LogP contribution in [0.1, 0.15) is 17.2 Å². The summed E-state index contributed by atoms with van der Waals surface area (Å²) in [6, 6.07) is 7.00. The first-order valence-corrected chi connectivity index (χ1v) is 6.08. The largest absolute Gasteiger partial charge is 0.497 e. The highest BCUT2D eigenvalue weighted by Gasteiger charge is 2.17. The molecule has 0 saturated heterocycles. The number of ether oxygens (including phenoxy) is 3. The first kappa shape index (κ1) is 14.1. The van der Waals surface area contributed by atoms with Crippen LogP contribution < -0.4 is 14.2 Å². The zero-order valence-electron chi connectivity index (χ0n) is 11.7. The highest BCUT2D eigenvalue weighted by molar-refractivity contribution is 5.45. The lowest BCUT2D eigenvalue weighted by Gasteiger charge is -2.16. The first-order chi connectivity index (χ1) is 9.69. The topological polar surface area (TPSA) is 60.8 Å². The van der Waals surface area contributed by atoms with E-state index in [9.17, 15) is 5.11 Å². The number of hydrogen-bond donors (Lipinski definition) is 1. The molecule has 5 heteroatoms. The van der Waals surface area contributed by atoms with Gasteiger partial charge in [-0.3, -0.25) is 4.98 Å². The summed E-state index contributed by atoms with van der Waals surface area (Å²) in [7, 11) is 4.69. The maximum Gasteiger partial charge on any atom is 0.137 e. The van der Waals surface area contributed by atoms with Crippen molar-refractivity contribution < 1.29 is 19.3 Å². The Balaban J connectivity index is 2.42. The van der Waals surface area contributed by atoms with Crippen LogP contribution >= 0.6 is 0 Å². The van der Waals surface area contributed by atoms with Crippen molar-refractivity contribution in [3.05, 3.63) is 47.8 Å². The van der Waals surface area contributed by atoms with Gasteiger partial charge in [-0.15, -0.1) is 0 Å². The van der Waals surface area contributed by atoms with Crippen molar-refractivity contribution in [1.29, 1.82) is 0 Å². The molecule has 0 aliphatic rings. The van der Waals surface area contributed by atoms with Gasteiger partial charge in [0.1, 0.15) is 23.4 Å². The Kier molecular flexibility index (Phi) is 4.42. The van der Waals surface area contributed by atoms with Crippen molar-refractivity contribution in [2.45, 2.75) is 6.10 Å². The Hall–Kier alpha value is -2.27. The number of pyridine rings is 1. The molecule has 5 nitrogen and oxygen atoms in total. The molecular weight excluding hydrogens is 258 g/mol. The van der Waals surface area contributed by atoms with Gasteiger partial charge in [0.25, 0.3) is 0 Å². The molecule has 20 heavy (non-hydrogen) atoms. The van der Waals surface area contributed by atoms with Gasteiger partial charge in [-0.25, -0.2) is 0 Å². The predicted molar refractivity (Wildman–Crippen MR) is 74.4 cm³/mol. The van der Waals surface area contributed by atoms with Gasteiger partial charge in [0.2, 0.25) is 0 Å². The summed E-state index contributed by atoms with van der Waals surface area (Å²) in [4.78, 5) is 4.04. The second kappa shape index (κ2) is 6.25. The average Bonchev–Trinajstić information content (AvgIpc) is 2.53. The lowest BCUT2D eigenvalue weighted by atomic mass is 10.0. The van der Waals surface area contributed by atoms with E-state index in [0.717, 1.165) is 0 Å². The second-order valence-electron chi connectivity index (χ2n) is 4.17. The molecule has 2 aromatic rings.